The summed E-state index contributed by atoms with van der Waals surface area (Å²) in [5.74, 6) is -0.206. The van der Waals surface area contributed by atoms with Crippen molar-refractivity contribution in [1.82, 2.24) is 5.32 Å². The lowest BCUT2D eigenvalue weighted by Gasteiger charge is -2.29. The normalized spacial score (nSPS) is 13.7. The second kappa shape index (κ2) is 10.0. The quantitative estimate of drug-likeness (QED) is 0.453. The topological polar surface area (TPSA) is 87.1 Å². The minimum Gasteiger partial charge on any atom is -0.359 e. The van der Waals surface area contributed by atoms with E-state index in [1.807, 2.05) is 6.92 Å². The minimum atomic E-state index is -0.248. The van der Waals surface area contributed by atoms with Crippen molar-refractivity contribution in [2.24, 2.45) is 5.41 Å². The molecule has 0 aliphatic rings. The van der Waals surface area contributed by atoms with Crippen molar-refractivity contribution in [3.8, 4) is 0 Å². The standard InChI is InChI=1S/C16H26N2O3/c1-4-5-13(19)6-9-16(2,10-7-14(20)12-17)11-8-15(21)18-3/h4-5,12,17H,6-11H2,1-3H3,(H,18,21)/b5-4+,17-12?. The predicted octanol–water partition coefficient (Wildman–Crippen LogP) is 2.44. The Morgan fingerprint density at radius 2 is 1.57 bits per heavy atom. The van der Waals surface area contributed by atoms with E-state index in [0.717, 1.165) is 6.21 Å². The third-order valence-corrected chi connectivity index (χ3v) is 3.70. The number of Topliss-reactive ketones (excluding diaryl/α,β-unsaturated/α-hetero) is 1. The molecule has 0 rings (SSSR count). The Morgan fingerprint density at radius 3 is 2.05 bits per heavy atom. The smallest absolute Gasteiger partial charge is 0.219 e. The number of hydrogen-bond donors (Lipinski definition) is 2. The Morgan fingerprint density at radius 1 is 1.05 bits per heavy atom. The molecule has 118 valence electrons. The highest BCUT2D eigenvalue weighted by molar-refractivity contribution is 6.26. The molecule has 1 unspecified atom stereocenters. The van der Waals surface area contributed by atoms with Gasteiger partial charge < -0.3 is 10.7 Å². The average Bonchev–Trinajstić information content (AvgIpc) is 2.48. The molecule has 0 spiro atoms. The van der Waals surface area contributed by atoms with Crippen LogP contribution in [0.15, 0.2) is 12.2 Å². The molecule has 0 fully saturated rings. The van der Waals surface area contributed by atoms with Gasteiger partial charge in [-0.15, -0.1) is 0 Å². The van der Waals surface area contributed by atoms with Crippen molar-refractivity contribution in [3.05, 3.63) is 12.2 Å². The van der Waals surface area contributed by atoms with Crippen molar-refractivity contribution in [2.75, 3.05) is 7.05 Å². The first-order valence-corrected chi connectivity index (χ1v) is 7.26. The van der Waals surface area contributed by atoms with E-state index in [4.69, 9.17) is 5.41 Å². The molecule has 0 saturated heterocycles. The van der Waals surface area contributed by atoms with Crippen LogP contribution < -0.4 is 5.32 Å². The molecule has 21 heavy (non-hydrogen) atoms. The Labute approximate surface area is 126 Å². The summed E-state index contributed by atoms with van der Waals surface area (Å²) in [4.78, 5) is 34.3. The van der Waals surface area contributed by atoms with Gasteiger partial charge in [-0.2, -0.15) is 0 Å². The SMILES string of the molecule is C/C=C/C(=O)CCC(C)(CCC(=O)C=N)CCC(=O)NC. The molecule has 5 nitrogen and oxygen atoms in total. The van der Waals surface area contributed by atoms with Crippen LogP contribution in [0.3, 0.4) is 0 Å². The summed E-state index contributed by atoms with van der Waals surface area (Å²) < 4.78 is 0. The second-order valence-electron chi connectivity index (χ2n) is 5.56. The van der Waals surface area contributed by atoms with Gasteiger partial charge in [-0.3, -0.25) is 14.4 Å². The first-order chi connectivity index (χ1) is 9.86. The van der Waals surface area contributed by atoms with Crippen molar-refractivity contribution >= 4 is 23.7 Å². The van der Waals surface area contributed by atoms with E-state index in [0.29, 0.717) is 32.1 Å². The van der Waals surface area contributed by atoms with Crippen molar-refractivity contribution in [3.63, 3.8) is 0 Å². The van der Waals surface area contributed by atoms with Crippen LogP contribution in [0.1, 0.15) is 52.4 Å². The number of carbonyl (C=O) groups is 3. The van der Waals surface area contributed by atoms with Gasteiger partial charge in [0.05, 0.1) is 6.21 Å². The van der Waals surface area contributed by atoms with Gasteiger partial charge in [0.25, 0.3) is 0 Å². The van der Waals surface area contributed by atoms with E-state index in [-0.39, 0.29) is 29.3 Å². The van der Waals surface area contributed by atoms with Gasteiger partial charge in [0.1, 0.15) is 0 Å². The maximum atomic E-state index is 11.6. The van der Waals surface area contributed by atoms with E-state index in [2.05, 4.69) is 5.32 Å². The van der Waals surface area contributed by atoms with Gasteiger partial charge in [0.2, 0.25) is 5.91 Å². The van der Waals surface area contributed by atoms with Crippen LogP contribution in [0.25, 0.3) is 0 Å². The fourth-order valence-electron chi connectivity index (χ4n) is 2.11. The highest BCUT2D eigenvalue weighted by Gasteiger charge is 2.26. The van der Waals surface area contributed by atoms with E-state index in [9.17, 15) is 14.4 Å². The summed E-state index contributed by atoms with van der Waals surface area (Å²) in [7, 11) is 1.59. The lowest BCUT2D eigenvalue weighted by atomic mass is 9.76. The Bertz CT molecular complexity index is 416. The number of rotatable bonds is 11. The molecule has 0 aliphatic heterocycles. The minimum absolute atomic E-state index is 0.0422. The summed E-state index contributed by atoms with van der Waals surface area (Å²) in [6, 6.07) is 0. The molecular weight excluding hydrogens is 268 g/mol. The monoisotopic (exact) mass is 294 g/mol. The van der Waals surface area contributed by atoms with Crippen LogP contribution in [-0.2, 0) is 14.4 Å². The summed E-state index contributed by atoms with van der Waals surface area (Å²) in [5, 5.41) is 9.52. The van der Waals surface area contributed by atoms with E-state index < -0.39 is 0 Å². The molecule has 0 aromatic rings. The highest BCUT2D eigenvalue weighted by atomic mass is 16.1. The first kappa shape index (κ1) is 19.2. The fraction of sp³-hybridized carbons (Fsp3) is 0.625. The molecule has 1 amide bonds. The van der Waals surface area contributed by atoms with E-state index in [1.165, 1.54) is 0 Å². The van der Waals surface area contributed by atoms with Gasteiger partial charge in [-0.25, -0.2) is 0 Å². The van der Waals surface area contributed by atoms with Crippen LogP contribution in [0, 0.1) is 10.8 Å². The largest absolute Gasteiger partial charge is 0.359 e. The molecule has 1 atom stereocenters. The molecular formula is C16H26N2O3. The summed E-state index contributed by atoms with van der Waals surface area (Å²) in [6.45, 7) is 3.79. The molecule has 0 aromatic carbocycles. The van der Waals surface area contributed by atoms with Gasteiger partial charge in [-0.05, 0) is 37.7 Å². The Kier molecular flexibility index (Phi) is 9.17. The molecule has 0 heterocycles. The van der Waals surface area contributed by atoms with Crippen LogP contribution in [0.4, 0.5) is 0 Å². The Hall–Kier alpha value is -1.78. The van der Waals surface area contributed by atoms with Crippen LogP contribution in [0.2, 0.25) is 0 Å². The second-order valence-corrected chi connectivity index (χ2v) is 5.56. The van der Waals surface area contributed by atoms with Crippen molar-refractivity contribution in [1.29, 1.82) is 5.41 Å². The van der Waals surface area contributed by atoms with Crippen LogP contribution in [-0.4, -0.2) is 30.7 Å². The average molecular weight is 294 g/mol. The summed E-state index contributed by atoms with van der Waals surface area (Å²) >= 11 is 0. The zero-order valence-electron chi connectivity index (χ0n) is 13.2. The number of hydrogen-bond acceptors (Lipinski definition) is 4. The molecule has 5 heteroatoms. The lowest BCUT2D eigenvalue weighted by Crippen LogP contribution is -2.24. The number of amides is 1. The van der Waals surface area contributed by atoms with Crippen LogP contribution in [0.5, 0.6) is 0 Å². The zero-order valence-corrected chi connectivity index (χ0v) is 13.2. The van der Waals surface area contributed by atoms with Gasteiger partial charge in [0, 0.05) is 26.3 Å². The number of ketones is 2. The summed E-state index contributed by atoms with van der Waals surface area (Å²) in [5.41, 5.74) is -0.248. The van der Waals surface area contributed by atoms with E-state index in [1.54, 1.807) is 26.1 Å². The summed E-state index contributed by atoms with van der Waals surface area (Å²) in [6.07, 6.45) is 7.00. The number of allylic oxidation sites excluding steroid dienone is 2. The maximum Gasteiger partial charge on any atom is 0.219 e. The first-order valence-electron chi connectivity index (χ1n) is 7.26. The van der Waals surface area contributed by atoms with Crippen LogP contribution >= 0.6 is 0 Å². The number of carbonyl (C=O) groups excluding carboxylic acids is 3. The molecule has 0 aliphatic carbocycles. The molecule has 0 bridgehead atoms. The van der Waals surface area contributed by atoms with Crippen molar-refractivity contribution < 1.29 is 14.4 Å². The van der Waals surface area contributed by atoms with E-state index >= 15 is 0 Å². The van der Waals surface area contributed by atoms with Gasteiger partial charge in [0.15, 0.2) is 11.6 Å². The maximum absolute atomic E-state index is 11.6. The molecule has 2 N–H and O–H groups in total. The van der Waals surface area contributed by atoms with Crippen molar-refractivity contribution in [2.45, 2.75) is 52.4 Å². The Balaban J connectivity index is 4.63. The lowest BCUT2D eigenvalue weighted by molar-refractivity contribution is -0.121. The predicted molar refractivity (Wildman–Crippen MR) is 83.5 cm³/mol. The number of nitrogens with one attached hydrogen (secondary N) is 2. The molecule has 0 radical (unpaired) electrons. The zero-order chi connectivity index (χ0) is 16.3. The van der Waals surface area contributed by atoms with Gasteiger partial charge in [-0.1, -0.05) is 13.0 Å². The van der Waals surface area contributed by atoms with Gasteiger partial charge >= 0.3 is 0 Å². The third-order valence-electron chi connectivity index (χ3n) is 3.70. The highest BCUT2D eigenvalue weighted by Crippen LogP contribution is 2.34. The molecule has 0 aromatic heterocycles. The fourth-order valence-corrected chi connectivity index (χ4v) is 2.11. The third kappa shape index (κ3) is 8.89. The molecule has 0 saturated carbocycles.